The van der Waals surface area contributed by atoms with Crippen LogP contribution in [0.1, 0.15) is 40.5 Å². The average molecular weight is 298 g/mol. The van der Waals surface area contributed by atoms with E-state index in [4.69, 9.17) is 0 Å². The molecule has 1 aliphatic carbocycles. The Morgan fingerprint density at radius 3 is 2.19 bits per heavy atom. The number of hydrogen-bond donors (Lipinski definition) is 2. The predicted octanol–water partition coefficient (Wildman–Crippen LogP) is 1.11. The smallest absolute Gasteiger partial charge is 0.307 e. The van der Waals surface area contributed by atoms with Gasteiger partial charge in [0, 0.05) is 12.6 Å². The van der Waals surface area contributed by atoms with Crippen molar-refractivity contribution in [2.24, 2.45) is 17.8 Å². The van der Waals surface area contributed by atoms with Crippen molar-refractivity contribution >= 4 is 17.8 Å². The topological polar surface area (TPSA) is 86.7 Å². The van der Waals surface area contributed by atoms with Gasteiger partial charge in [0.25, 0.3) is 0 Å². The number of rotatable bonds is 4. The minimum absolute atomic E-state index is 0.0483. The molecule has 0 heterocycles. The molecular weight excluding hydrogens is 272 g/mol. The minimum atomic E-state index is -0.926. The van der Waals surface area contributed by atoms with E-state index in [-0.39, 0.29) is 29.8 Å². The fraction of sp³-hybridized carbons (Fsp3) is 0.800. The van der Waals surface area contributed by atoms with Crippen LogP contribution in [-0.2, 0) is 14.4 Å². The van der Waals surface area contributed by atoms with Crippen molar-refractivity contribution in [1.29, 1.82) is 0 Å². The zero-order chi connectivity index (χ0) is 16.4. The zero-order valence-electron chi connectivity index (χ0n) is 13.5. The summed E-state index contributed by atoms with van der Waals surface area (Å²) in [5.41, 5.74) is -0.355. The molecule has 1 unspecified atom stereocenters. The van der Waals surface area contributed by atoms with Crippen LogP contribution in [0.25, 0.3) is 0 Å². The van der Waals surface area contributed by atoms with Crippen molar-refractivity contribution < 1.29 is 19.5 Å². The maximum absolute atomic E-state index is 12.4. The number of hydrogen-bond acceptors (Lipinski definition) is 3. The number of carboxylic acid groups (broad SMARTS) is 1. The van der Waals surface area contributed by atoms with Crippen LogP contribution < -0.4 is 5.32 Å². The molecule has 120 valence electrons. The molecule has 0 bridgehead atoms. The summed E-state index contributed by atoms with van der Waals surface area (Å²) >= 11 is 0. The Balaban J connectivity index is 2.65. The molecule has 0 aromatic rings. The molecule has 0 aromatic carbocycles. The molecule has 3 atom stereocenters. The van der Waals surface area contributed by atoms with Crippen molar-refractivity contribution in [3.8, 4) is 0 Å². The number of nitrogens with one attached hydrogen (secondary N) is 1. The van der Waals surface area contributed by atoms with Gasteiger partial charge in [0.05, 0.1) is 18.4 Å². The van der Waals surface area contributed by atoms with Crippen LogP contribution >= 0.6 is 0 Å². The molecule has 2 N–H and O–H groups in total. The van der Waals surface area contributed by atoms with E-state index < -0.39 is 17.8 Å². The van der Waals surface area contributed by atoms with Crippen LogP contribution in [0, 0.1) is 17.8 Å². The Morgan fingerprint density at radius 1 is 1.19 bits per heavy atom. The highest BCUT2D eigenvalue weighted by Gasteiger charge is 2.42. The summed E-state index contributed by atoms with van der Waals surface area (Å²) in [6.45, 7) is 7.51. The van der Waals surface area contributed by atoms with E-state index >= 15 is 0 Å². The van der Waals surface area contributed by atoms with Crippen LogP contribution in [0.5, 0.6) is 0 Å². The third-order valence-electron chi connectivity index (χ3n) is 3.70. The van der Waals surface area contributed by atoms with Gasteiger partial charge in [-0.05, 0) is 39.5 Å². The molecule has 0 radical (unpaired) electrons. The van der Waals surface area contributed by atoms with Crippen molar-refractivity contribution in [3.05, 3.63) is 0 Å². The molecule has 1 aliphatic rings. The molecule has 21 heavy (non-hydrogen) atoms. The number of carbonyl (C=O) groups is 3. The first kappa shape index (κ1) is 17.5. The van der Waals surface area contributed by atoms with Crippen LogP contribution in [0.3, 0.4) is 0 Å². The standard InChI is InChI=1S/C15H26N2O4/c1-9-6-10(11(7-9)14(20)21)13(19)17(5)8-12(18)16-15(2,3)4/h9-11H,6-8H2,1-5H3,(H,16,18)(H,20,21)/t9?,10-,11+/m0/s1. The average Bonchev–Trinajstić information content (AvgIpc) is 2.67. The van der Waals surface area contributed by atoms with Crippen LogP contribution in [0.4, 0.5) is 0 Å². The van der Waals surface area contributed by atoms with E-state index in [1.54, 1.807) is 7.05 Å². The maximum Gasteiger partial charge on any atom is 0.307 e. The van der Waals surface area contributed by atoms with Crippen molar-refractivity contribution in [2.75, 3.05) is 13.6 Å². The minimum Gasteiger partial charge on any atom is -0.481 e. The SMILES string of the molecule is CC1C[C@H](C(=O)N(C)CC(=O)NC(C)(C)C)[C@H](C(=O)O)C1. The van der Waals surface area contributed by atoms with Crippen LogP contribution in [0.15, 0.2) is 0 Å². The third-order valence-corrected chi connectivity index (χ3v) is 3.70. The highest BCUT2D eigenvalue weighted by Crippen LogP contribution is 2.37. The van der Waals surface area contributed by atoms with Gasteiger partial charge in [-0.2, -0.15) is 0 Å². The molecule has 2 amide bonds. The van der Waals surface area contributed by atoms with Crippen molar-refractivity contribution in [2.45, 2.75) is 46.1 Å². The predicted molar refractivity (Wildman–Crippen MR) is 78.5 cm³/mol. The van der Waals surface area contributed by atoms with Gasteiger partial charge < -0.3 is 15.3 Å². The lowest BCUT2D eigenvalue weighted by Gasteiger charge is -2.26. The van der Waals surface area contributed by atoms with E-state index in [2.05, 4.69) is 5.32 Å². The Hall–Kier alpha value is -1.59. The van der Waals surface area contributed by atoms with Crippen molar-refractivity contribution in [3.63, 3.8) is 0 Å². The molecule has 6 heteroatoms. The van der Waals surface area contributed by atoms with Gasteiger partial charge in [-0.25, -0.2) is 0 Å². The van der Waals surface area contributed by atoms with E-state index in [1.807, 2.05) is 27.7 Å². The molecular formula is C15H26N2O4. The molecule has 0 saturated heterocycles. The van der Waals surface area contributed by atoms with Gasteiger partial charge in [0.1, 0.15) is 0 Å². The lowest BCUT2D eigenvalue weighted by molar-refractivity contribution is -0.149. The molecule has 1 fully saturated rings. The molecule has 0 spiro atoms. The van der Waals surface area contributed by atoms with E-state index in [9.17, 15) is 19.5 Å². The first-order chi connectivity index (χ1) is 9.51. The van der Waals surface area contributed by atoms with E-state index in [0.29, 0.717) is 12.8 Å². The zero-order valence-corrected chi connectivity index (χ0v) is 13.5. The maximum atomic E-state index is 12.4. The second kappa shape index (κ2) is 6.45. The molecule has 0 aliphatic heterocycles. The largest absolute Gasteiger partial charge is 0.481 e. The van der Waals surface area contributed by atoms with Gasteiger partial charge in [-0.1, -0.05) is 6.92 Å². The third kappa shape index (κ3) is 5.02. The number of likely N-dealkylation sites (N-methyl/N-ethyl adjacent to an activating group) is 1. The summed E-state index contributed by atoms with van der Waals surface area (Å²) in [7, 11) is 1.55. The summed E-state index contributed by atoms with van der Waals surface area (Å²) in [4.78, 5) is 36.8. The fourth-order valence-corrected chi connectivity index (χ4v) is 2.87. The number of aliphatic carboxylic acids is 1. The Morgan fingerprint density at radius 2 is 1.71 bits per heavy atom. The lowest BCUT2D eigenvalue weighted by atomic mass is 9.95. The number of nitrogens with zero attached hydrogens (tertiary/aromatic N) is 1. The Kier molecular flexibility index (Phi) is 5.36. The normalized spacial score (nSPS) is 25.5. The summed E-state index contributed by atoms with van der Waals surface area (Å²) in [6, 6.07) is 0. The van der Waals surface area contributed by atoms with Crippen LogP contribution in [0.2, 0.25) is 0 Å². The van der Waals surface area contributed by atoms with E-state index in [1.165, 1.54) is 4.90 Å². The molecule has 1 rings (SSSR count). The van der Waals surface area contributed by atoms with Gasteiger partial charge in [-0.3, -0.25) is 14.4 Å². The summed E-state index contributed by atoms with van der Waals surface area (Å²) in [6.07, 6.45) is 1.09. The highest BCUT2D eigenvalue weighted by atomic mass is 16.4. The second-order valence-electron chi connectivity index (χ2n) is 7.12. The first-order valence-corrected chi connectivity index (χ1v) is 7.30. The first-order valence-electron chi connectivity index (χ1n) is 7.30. The summed E-state index contributed by atoms with van der Waals surface area (Å²) < 4.78 is 0. The number of amides is 2. The number of carbonyl (C=O) groups excluding carboxylic acids is 2. The van der Waals surface area contributed by atoms with Crippen LogP contribution in [-0.4, -0.2) is 46.9 Å². The fourth-order valence-electron chi connectivity index (χ4n) is 2.87. The molecule has 0 aromatic heterocycles. The quantitative estimate of drug-likeness (QED) is 0.814. The monoisotopic (exact) mass is 298 g/mol. The Labute approximate surface area is 125 Å². The van der Waals surface area contributed by atoms with Gasteiger partial charge in [-0.15, -0.1) is 0 Å². The van der Waals surface area contributed by atoms with Gasteiger partial charge in [0.15, 0.2) is 0 Å². The molecule has 1 saturated carbocycles. The Bertz CT molecular complexity index is 428. The highest BCUT2D eigenvalue weighted by molar-refractivity contribution is 5.89. The summed E-state index contributed by atoms with van der Waals surface area (Å²) in [5, 5.41) is 12.0. The van der Waals surface area contributed by atoms with Crippen molar-refractivity contribution in [1.82, 2.24) is 10.2 Å². The van der Waals surface area contributed by atoms with Gasteiger partial charge in [0.2, 0.25) is 11.8 Å². The molecule has 6 nitrogen and oxygen atoms in total. The van der Waals surface area contributed by atoms with Gasteiger partial charge >= 0.3 is 5.97 Å². The number of carboxylic acids is 1. The van der Waals surface area contributed by atoms with E-state index in [0.717, 1.165) is 0 Å². The second-order valence-corrected chi connectivity index (χ2v) is 7.12. The lowest BCUT2D eigenvalue weighted by Crippen LogP contribution is -2.47. The summed E-state index contributed by atoms with van der Waals surface area (Å²) in [5.74, 6) is -2.36.